The molecule has 92 valence electrons. The number of halogens is 1. The number of carbonyl (C=O) groups is 1. The number of amides is 1. The summed E-state index contributed by atoms with van der Waals surface area (Å²) < 4.78 is -0.413. The summed E-state index contributed by atoms with van der Waals surface area (Å²) in [5.74, 6) is 0.234. The topological polar surface area (TPSA) is 23.6 Å². The molecule has 0 aromatic heterocycles. The van der Waals surface area contributed by atoms with Crippen LogP contribution in [0.25, 0.3) is 0 Å². The highest BCUT2D eigenvalue weighted by Crippen LogP contribution is 2.25. The fraction of sp³-hybridized carbons (Fsp3) is 0.917. The van der Waals surface area contributed by atoms with Crippen molar-refractivity contribution < 1.29 is 4.79 Å². The van der Waals surface area contributed by atoms with Crippen LogP contribution in [0, 0.1) is 0 Å². The number of fused-ring (bicyclic) bond motifs is 1. The lowest BCUT2D eigenvalue weighted by Crippen LogP contribution is -2.58. The standard InChI is InChI=1S/C12H21BrN2O/c1-12(2,13)11(16)15-8-7-14-6-4-3-5-10(14)9-15/h10H,3-9H2,1-2H3. The zero-order valence-electron chi connectivity index (χ0n) is 10.2. The highest BCUT2D eigenvalue weighted by molar-refractivity contribution is 9.10. The van der Waals surface area contributed by atoms with E-state index < -0.39 is 4.32 Å². The van der Waals surface area contributed by atoms with Crippen molar-refractivity contribution in [3.05, 3.63) is 0 Å². The van der Waals surface area contributed by atoms with Gasteiger partial charge in [-0.15, -0.1) is 0 Å². The summed E-state index contributed by atoms with van der Waals surface area (Å²) in [7, 11) is 0. The predicted molar refractivity (Wildman–Crippen MR) is 68.8 cm³/mol. The monoisotopic (exact) mass is 288 g/mol. The maximum atomic E-state index is 12.2. The molecule has 4 heteroatoms. The first-order valence-corrected chi connectivity index (χ1v) is 7.00. The van der Waals surface area contributed by atoms with E-state index in [1.165, 1.54) is 25.8 Å². The predicted octanol–water partition coefficient (Wildman–Crippen LogP) is 1.86. The molecule has 2 aliphatic heterocycles. The SMILES string of the molecule is CC(C)(Br)C(=O)N1CCN2CCCCC2C1. The van der Waals surface area contributed by atoms with Crippen molar-refractivity contribution in [1.29, 1.82) is 0 Å². The van der Waals surface area contributed by atoms with E-state index in [1.54, 1.807) is 0 Å². The number of piperazine rings is 1. The smallest absolute Gasteiger partial charge is 0.238 e. The number of hydrogen-bond donors (Lipinski definition) is 0. The molecule has 0 aromatic carbocycles. The third-order valence-corrected chi connectivity index (χ3v) is 3.97. The van der Waals surface area contributed by atoms with Gasteiger partial charge in [-0.05, 0) is 33.2 Å². The molecule has 1 unspecified atom stereocenters. The van der Waals surface area contributed by atoms with Gasteiger partial charge in [0.15, 0.2) is 0 Å². The van der Waals surface area contributed by atoms with Crippen LogP contribution in [0.1, 0.15) is 33.1 Å². The molecule has 0 N–H and O–H groups in total. The molecule has 0 radical (unpaired) electrons. The molecular formula is C12H21BrN2O. The van der Waals surface area contributed by atoms with Gasteiger partial charge < -0.3 is 4.90 Å². The van der Waals surface area contributed by atoms with E-state index in [0.29, 0.717) is 6.04 Å². The summed E-state index contributed by atoms with van der Waals surface area (Å²) in [5.41, 5.74) is 0. The summed E-state index contributed by atoms with van der Waals surface area (Å²) in [5, 5.41) is 0. The van der Waals surface area contributed by atoms with E-state index >= 15 is 0 Å². The van der Waals surface area contributed by atoms with Crippen LogP contribution in [-0.4, -0.2) is 52.3 Å². The van der Waals surface area contributed by atoms with E-state index in [4.69, 9.17) is 0 Å². The van der Waals surface area contributed by atoms with Crippen LogP contribution in [0.4, 0.5) is 0 Å². The first-order chi connectivity index (χ1) is 7.48. The first kappa shape index (κ1) is 12.4. The zero-order valence-corrected chi connectivity index (χ0v) is 11.8. The Kier molecular flexibility index (Phi) is 3.59. The van der Waals surface area contributed by atoms with Gasteiger partial charge in [-0.1, -0.05) is 22.4 Å². The van der Waals surface area contributed by atoms with E-state index in [1.807, 2.05) is 18.7 Å². The Hall–Kier alpha value is -0.0900. The number of nitrogens with zero attached hydrogens (tertiary/aromatic N) is 2. The van der Waals surface area contributed by atoms with E-state index in [-0.39, 0.29) is 5.91 Å². The minimum absolute atomic E-state index is 0.234. The molecule has 0 bridgehead atoms. The Bertz CT molecular complexity index is 275. The lowest BCUT2D eigenvalue weighted by molar-refractivity contribution is -0.136. The number of alkyl halides is 1. The van der Waals surface area contributed by atoms with Crippen molar-refractivity contribution in [2.75, 3.05) is 26.2 Å². The normalized spacial score (nSPS) is 27.7. The van der Waals surface area contributed by atoms with Gasteiger partial charge in [0, 0.05) is 25.7 Å². The lowest BCUT2D eigenvalue weighted by Gasteiger charge is -2.45. The third-order valence-electron chi connectivity index (χ3n) is 3.63. The van der Waals surface area contributed by atoms with Crippen molar-refractivity contribution >= 4 is 21.8 Å². The Morgan fingerprint density at radius 2 is 2.00 bits per heavy atom. The van der Waals surface area contributed by atoms with Gasteiger partial charge in [0.05, 0.1) is 4.32 Å². The second kappa shape index (κ2) is 4.65. The van der Waals surface area contributed by atoms with Crippen molar-refractivity contribution in [1.82, 2.24) is 9.80 Å². The fourth-order valence-corrected chi connectivity index (χ4v) is 2.97. The summed E-state index contributed by atoms with van der Waals surface area (Å²) in [6, 6.07) is 0.612. The molecule has 0 aliphatic carbocycles. The summed E-state index contributed by atoms with van der Waals surface area (Å²) >= 11 is 3.46. The number of rotatable bonds is 1. The average molecular weight is 289 g/mol. The van der Waals surface area contributed by atoms with Crippen LogP contribution < -0.4 is 0 Å². The van der Waals surface area contributed by atoms with Crippen LogP contribution >= 0.6 is 15.9 Å². The molecule has 2 heterocycles. The quantitative estimate of drug-likeness (QED) is 0.688. The molecule has 0 aromatic rings. The van der Waals surface area contributed by atoms with Gasteiger partial charge >= 0.3 is 0 Å². The van der Waals surface area contributed by atoms with Crippen LogP contribution in [0.3, 0.4) is 0 Å². The molecule has 2 aliphatic rings. The molecule has 2 fully saturated rings. The lowest BCUT2D eigenvalue weighted by atomic mass is 9.99. The van der Waals surface area contributed by atoms with Gasteiger partial charge in [-0.2, -0.15) is 0 Å². The van der Waals surface area contributed by atoms with E-state index in [9.17, 15) is 4.79 Å². The largest absolute Gasteiger partial charge is 0.339 e. The van der Waals surface area contributed by atoms with Crippen molar-refractivity contribution in [3.8, 4) is 0 Å². The number of piperidine rings is 1. The Morgan fingerprint density at radius 1 is 1.25 bits per heavy atom. The highest BCUT2D eigenvalue weighted by atomic mass is 79.9. The highest BCUT2D eigenvalue weighted by Gasteiger charge is 2.35. The van der Waals surface area contributed by atoms with Gasteiger partial charge in [0.2, 0.25) is 5.91 Å². The van der Waals surface area contributed by atoms with Gasteiger partial charge in [-0.25, -0.2) is 0 Å². The van der Waals surface area contributed by atoms with Crippen molar-refractivity contribution in [3.63, 3.8) is 0 Å². The molecule has 0 spiro atoms. The minimum Gasteiger partial charge on any atom is -0.339 e. The Morgan fingerprint density at radius 3 is 2.69 bits per heavy atom. The number of carbonyl (C=O) groups excluding carboxylic acids is 1. The van der Waals surface area contributed by atoms with Gasteiger partial charge in [0.1, 0.15) is 0 Å². The maximum Gasteiger partial charge on any atom is 0.238 e. The van der Waals surface area contributed by atoms with E-state index in [2.05, 4.69) is 20.8 Å². The molecule has 1 amide bonds. The summed E-state index contributed by atoms with van der Waals surface area (Å²) in [6.07, 6.45) is 3.90. The average Bonchev–Trinajstić information content (AvgIpc) is 2.26. The molecule has 1 atom stereocenters. The van der Waals surface area contributed by atoms with Gasteiger partial charge in [0.25, 0.3) is 0 Å². The molecule has 2 rings (SSSR count). The zero-order chi connectivity index (χ0) is 11.8. The van der Waals surface area contributed by atoms with Crippen molar-refractivity contribution in [2.24, 2.45) is 0 Å². The second-order valence-electron chi connectivity index (χ2n) is 5.41. The molecule has 0 saturated carbocycles. The molecule has 3 nitrogen and oxygen atoms in total. The van der Waals surface area contributed by atoms with E-state index in [0.717, 1.165) is 19.6 Å². The molecule has 16 heavy (non-hydrogen) atoms. The molecule has 2 saturated heterocycles. The third kappa shape index (κ3) is 2.59. The maximum absolute atomic E-state index is 12.2. The first-order valence-electron chi connectivity index (χ1n) is 6.21. The van der Waals surface area contributed by atoms with Crippen LogP contribution in [-0.2, 0) is 4.79 Å². The molecular weight excluding hydrogens is 268 g/mol. The fourth-order valence-electron chi connectivity index (χ4n) is 2.72. The summed E-state index contributed by atoms with van der Waals surface area (Å²) in [6.45, 7) is 7.97. The Labute approximate surface area is 106 Å². The Balaban J connectivity index is 1.97. The second-order valence-corrected chi connectivity index (χ2v) is 7.39. The van der Waals surface area contributed by atoms with Crippen LogP contribution in [0.2, 0.25) is 0 Å². The van der Waals surface area contributed by atoms with Crippen LogP contribution in [0.5, 0.6) is 0 Å². The minimum atomic E-state index is -0.413. The van der Waals surface area contributed by atoms with Gasteiger partial charge in [-0.3, -0.25) is 9.69 Å². The summed E-state index contributed by atoms with van der Waals surface area (Å²) in [4.78, 5) is 16.7. The van der Waals surface area contributed by atoms with Crippen molar-refractivity contribution in [2.45, 2.75) is 43.5 Å². The number of hydrogen-bond acceptors (Lipinski definition) is 2. The van der Waals surface area contributed by atoms with Crippen LogP contribution in [0.15, 0.2) is 0 Å².